The number of aryl methyl sites for hydroxylation is 1. The molecule has 0 heterocycles. The summed E-state index contributed by atoms with van der Waals surface area (Å²) in [7, 11) is 1.58. The maximum absolute atomic E-state index is 13.7. The van der Waals surface area contributed by atoms with E-state index in [2.05, 4.69) is 5.32 Å². The fraction of sp³-hybridized carbons (Fsp3) is 0.235. The van der Waals surface area contributed by atoms with Crippen LogP contribution in [0.25, 0.3) is 0 Å². The zero-order valence-corrected chi connectivity index (χ0v) is 12.3. The van der Waals surface area contributed by atoms with Crippen LogP contribution in [0.1, 0.15) is 34.5 Å². The average Bonchev–Trinajstić information content (AvgIpc) is 2.49. The van der Waals surface area contributed by atoms with Gasteiger partial charge >= 0.3 is 0 Å². The van der Waals surface area contributed by atoms with Crippen molar-refractivity contribution in [2.45, 2.75) is 19.9 Å². The Hall–Kier alpha value is -2.36. The Morgan fingerprint density at radius 1 is 1.24 bits per heavy atom. The number of amides is 1. The minimum absolute atomic E-state index is 0.0525. The van der Waals surface area contributed by atoms with Crippen LogP contribution in [0.3, 0.4) is 0 Å². The summed E-state index contributed by atoms with van der Waals surface area (Å²) in [5.41, 5.74) is 1.74. The molecule has 0 aliphatic carbocycles. The zero-order chi connectivity index (χ0) is 15.4. The molecule has 110 valence electrons. The molecule has 0 bridgehead atoms. The van der Waals surface area contributed by atoms with Gasteiger partial charge in [-0.1, -0.05) is 29.8 Å². The smallest absolute Gasteiger partial charge is 0.254 e. The molecule has 21 heavy (non-hydrogen) atoms. The fourth-order valence-electron chi connectivity index (χ4n) is 2.19. The van der Waals surface area contributed by atoms with Gasteiger partial charge in [0.25, 0.3) is 5.91 Å². The first kappa shape index (κ1) is 15.0. The molecule has 1 atom stereocenters. The quantitative estimate of drug-likeness (QED) is 0.932. The number of hydrogen-bond donors (Lipinski definition) is 1. The van der Waals surface area contributed by atoms with Crippen molar-refractivity contribution in [2.24, 2.45) is 0 Å². The van der Waals surface area contributed by atoms with Crippen molar-refractivity contribution in [1.82, 2.24) is 5.32 Å². The second-order valence-corrected chi connectivity index (χ2v) is 4.92. The Morgan fingerprint density at radius 3 is 2.67 bits per heavy atom. The van der Waals surface area contributed by atoms with Crippen LogP contribution in [0.2, 0.25) is 0 Å². The molecular weight excluding hydrogens is 269 g/mol. The summed E-state index contributed by atoms with van der Waals surface area (Å²) in [6.45, 7) is 3.66. The van der Waals surface area contributed by atoms with E-state index in [4.69, 9.17) is 4.74 Å². The van der Waals surface area contributed by atoms with Crippen LogP contribution in [0, 0.1) is 12.7 Å². The Bertz CT molecular complexity index is 655. The number of carbonyl (C=O) groups is 1. The molecule has 0 aliphatic rings. The normalized spacial score (nSPS) is 11.8. The van der Waals surface area contributed by atoms with Gasteiger partial charge in [-0.2, -0.15) is 0 Å². The molecule has 3 nitrogen and oxygen atoms in total. The molecule has 0 radical (unpaired) electrons. The number of rotatable bonds is 4. The van der Waals surface area contributed by atoms with Crippen molar-refractivity contribution in [3.63, 3.8) is 0 Å². The lowest BCUT2D eigenvalue weighted by molar-refractivity contribution is 0.0935. The van der Waals surface area contributed by atoms with Gasteiger partial charge < -0.3 is 10.1 Å². The number of benzene rings is 2. The van der Waals surface area contributed by atoms with Crippen molar-refractivity contribution < 1.29 is 13.9 Å². The molecule has 0 saturated heterocycles. The maximum Gasteiger partial charge on any atom is 0.254 e. The van der Waals surface area contributed by atoms with Gasteiger partial charge in [0.2, 0.25) is 0 Å². The maximum atomic E-state index is 13.7. The van der Waals surface area contributed by atoms with Crippen molar-refractivity contribution in [3.8, 4) is 5.75 Å². The van der Waals surface area contributed by atoms with E-state index in [0.29, 0.717) is 5.75 Å². The summed E-state index contributed by atoms with van der Waals surface area (Å²) in [6, 6.07) is 11.6. The number of carbonyl (C=O) groups excluding carboxylic acids is 1. The van der Waals surface area contributed by atoms with Crippen LogP contribution in [0.15, 0.2) is 42.5 Å². The van der Waals surface area contributed by atoms with E-state index in [1.54, 1.807) is 19.2 Å². The second kappa shape index (κ2) is 6.39. The fourth-order valence-corrected chi connectivity index (χ4v) is 2.19. The second-order valence-electron chi connectivity index (χ2n) is 4.92. The third kappa shape index (κ3) is 3.40. The number of nitrogens with one attached hydrogen (secondary N) is 1. The van der Waals surface area contributed by atoms with Crippen molar-refractivity contribution in [1.29, 1.82) is 0 Å². The van der Waals surface area contributed by atoms with Gasteiger partial charge in [-0.25, -0.2) is 4.39 Å². The predicted octanol–water partition coefficient (Wildman–Crippen LogP) is 3.63. The average molecular weight is 287 g/mol. The van der Waals surface area contributed by atoms with Crippen LogP contribution in [0.4, 0.5) is 4.39 Å². The zero-order valence-electron chi connectivity index (χ0n) is 12.3. The topological polar surface area (TPSA) is 38.3 Å². The standard InChI is InChI=1S/C17H18FNO2/c1-11-8-9-15(18)14(10-11)17(20)19-12(2)13-6-4-5-7-16(13)21-3/h4-10,12H,1-3H3,(H,19,20). The molecule has 0 saturated carbocycles. The molecule has 1 amide bonds. The molecule has 0 fully saturated rings. The molecule has 0 aromatic heterocycles. The van der Waals surface area contributed by atoms with Crippen LogP contribution in [-0.4, -0.2) is 13.0 Å². The van der Waals surface area contributed by atoms with Crippen LogP contribution in [0.5, 0.6) is 5.75 Å². The highest BCUT2D eigenvalue weighted by molar-refractivity contribution is 5.94. The molecule has 0 spiro atoms. The molecule has 1 unspecified atom stereocenters. The first-order valence-electron chi connectivity index (χ1n) is 6.73. The van der Waals surface area contributed by atoms with Crippen molar-refractivity contribution >= 4 is 5.91 Å². The van der Waals surface area contributed by atoms with Gasteiger partial charge in [-0.15, -0.1) is 0 Å². The van der Waals surface area contributed by atoms with Gasteiger partial charge in [0, 0.05) is 5.56 Å². The lowest BCUT2D eigenvalue weighted by atomic mass is 10.1. The van der Waals surface area contributed by atoms with E-state index in [9.17, 15) is 9.18 Å². The van der Waals surface area contributed by atoms with E-state index >= 15 is 0 Å². The largest absolute Gasteiger partial charge is 0.496 e. The minimum Gasteiger partial charge on any atom is -0.496 e. The van der Waals surface area contributed by atoms with Crippen LogP contribution < -0.4 is 10.1 Å². The minimum atomic E-state index is -0.523. The monoisotopic (exact) mass is 287 g/mol. The van der Waals surface area contributed by atoms with E-state index in [1.165, 1.54) is 6.07 Å². The number of hydrogen-bond acceptors (Lipinski definition) is 2. The van der Waals surface area contributed by atoms with Crippen LogP contribution in [-0.2, 0) is 0 Å². The highest BCUT2D eigenvalue weighted by Crippen LogP contribution is 2.24. The summed E-state index contributed by atoms with van der Waals surface area (Å²) in [4.78, 5) is 12.2. The summed E-state index contributed by atoms with van der Waals surface area (Å²) in [6.07, 6.45) is 0. The molecule has 2 aromatic rings. The highest BCUT2D eigenvalue weighted by Gasteiger charge is 2.17. The Labute approximate surface area is 123 Å². The molecule has 4 heteroatoms. The molecule has 2 rings (SSSR count). The number of ether oxygens (including phenoxy) is 1. The van der Waals surface area contributed by atoms with Gasteiger partial charge in [-0.05, 0) is 32.0 Å². The summed E-state index contributed by atoms with van der Waals surface area (Å²) >= 11 is 0. The van der Waals surface area contributed by atoms with E-state index in [-0.39, 0.29) is 11.6 Å². The van der Waals surface area contributed by atoms with Gasteiger partial charge in [-0.3, -0.25) is 4.79 Å². The first-order valence-corrected chi connectivity index (χ1v) is 6.73. The lowest BCUT2D eigenvalue weighted by Gasteiger charge is -2.17. The third-order valence-electron chi connectivity index (χ3n) is 3.32. The van der Waals surface area contributed by atoms with Crippen LogP contribution >= 0.6 is 0 Å². The highest BCUT2D eigenvalue weighted by atomic mass is 19.1. The van der Waals surface area contributed by atoms with E-state index in [1.807, 2.05) is 38.1 Å². The van der Waals surface area contributed by atoms with E-state index in [0.717, 1.165) is 11.1 Å². The Morgan fingerprint density at radius 2 is 1.95 bits per heavy atom. The van der Waals surface area contributed by atoms with Gasteiger partial charge in [0.05, 0.1) is 18.7 Å². The van der Waals surface area contributed by atoms with Gasteiger partial charge in [0.15, 0.2) is 0 Å². The van der Waals surface area contributed by atoms with Crippen molar-refractivity contribution in [2.75, 3.05) is 7.11 Å². The molecular formula is C17H18FNO2. The van der Waals surface area contributed by atoms with Gasteiger partial charge in [0.1, 0.15) is 11.6 Å². The summed E-state index contributed by atoms with van der Waals surface area (Å²) < 4.78 is 19.0. The SMILES string of the molecule is COc1ccccc1C(C)NC(=O)c1cc(C)ccc1F. The number of para-hydroxylation sites is 1. The Balaban J connectivity index is 2.21. The summed E-state index contributed by atoms with van der Waals surface area (Å²) in [5, 5.41) is 2.80. The first-order chi connectivity index (χ1) is 10.0. The molecule has 1 N–H and O–H groups in total. The third-order valence-corrected chi connectivity index (χ3v) is 3.32. The number of methoxy groups -OCH3 is 1. The number of halogens is 1. The Kier molecular flexibility index (Phi) is 4.58. The summed E-state index contributed by atoms with van der Waals surface area (Å²) in [5.74, 6) is -0.269. The van der Waals surface area contributed by atoms with E-state index < -0.39 is 11.7 Å². The predicted molar refractivity (Wildman–Crippen MR) is 80.0 cm³/mol. The van der Waals surface area contributed by atoms with Crippen molar-refractivity contribution in [3.05, 3.63) is 65.0 Å². The molecule has 0 aliphatic heterocycles. The lowest BCUT2D eigenvalue weighted by Crippen LogP contribution is -2.27. The molecule has 2 aromatic carbocycles.